The first kappa shape index (κ1) is 14.1. The fraction of sp³-hybridized carbons (Fsp3) is 0.389. The van der Waals surface area contributed by atoms with Crippen molar-refractivity contribution < 1.29 is 0 Å². The van der Waals surface area contributed by atoms with E-state index in [1.807, 2.05) is 13.0 Å². The minimum atomic E-state index is 0.662. The Morgan fingerprint density at radius 3 is 2.90 bits per heavy atom. The van der Waals surface area contributed by atoms with Gasteiger partial charge in [-0.05, 0) is 50.1 Å². The topological polar surface area (TPSA) is 28.2 Å². The highest BCUT2D eigenvalue weighted by molar-refractivity contribution is 5.53. The zero-order valence-electron chi connectivity index (χ0n) is 12.8. The van der Waals surface area contributed by atoms with E-state index in [-0.39, 0.29) is 0 Å². The Morgan fingerprint density at radius 1 is 1.19 bits per heavy atom. The second-order valence-corrected chi connectivity index (χ2v) is 6.08. The van der Waals surface area contributed by atoms with Gasteiger partial charge in [0, 0.05) is 31.0 Å². The van der Waals surface area contributed by atoms with E-state index < -0.39 is 0 Å². The maximum absolute atomic E-state index is 4.58. The fourth-order valence-corrected chi connectivity index (χ4v) is 3.11. The van der Waals surface area contributed by atoms with Crippen molar-refractivity contribution in [1.29, 1.82) is 0 Å². The summed E-state index contributed by atoms with van der Waals surface area (Å²) < 4.78 is 0. The number of aryl methyl sites for hydroxylation is 1. The lowest BCUT2D eigenvalue weighted by molar-refractivity contribution is 0.268. The van der Waals surface area contributed by atoms with E-state index in [0.29, 0.717) is 5.92 Å². The average molecular weight is 281 g/mol. The van der Waals surface area contributed by atoms with Crippen LogP contribution in [0.15, 0.2) is 42.5 Å². The number of hydrogen-bond donors (Lipinski definition) is 1. The average Bonchev–Trinajstić information content (AvgIpc) is 2.47. The molecular weight excluding hydrogens is 258 g/mol. The Labute approximate surface area is 127 Å². The summed E-state index contributed by atoms with van der Waals surface area (Å²) in [7, 11) is 2.19. The monoisotopic (exact) mass is 281 g/mol. The molecule has 1 unspecified atom stereocenters. The largest absolute Gasteiger partial charge is 0.384 e. The Kier molecular flexibility index (Phi) is 4.20. The summed E-state index contributed by atoms with van der Waals surface area (Å²) in [5, 5.41) is 3.55. The van der Waals surface area contributed by atoms with Crippen molar-refractivity contribution in [2.24, 2.45) is 5.92 Å². The van der Waals surface area contributed by atoms with Crippen LogP contribution in [0.2, 0.25) is 0 Å². The summed E-state index contributed by atoms with van der Waals surface area (Å²) in [5.74, 6) is 0.662. The van der Waals surface area contributed by atoms with E-state index in [1.54, 1.807) is 0 Å². The second-order valence-electron chi connectivity index (χ2n) is 6.08. The van der Waals surface area contributed by atoms with Crippen LogP contribution >= 0.6 is 0 Å². The van der Waals surface area contributed by atoms with Crippen LogP contribution in [0.1, 0.15) is 17.0 Å². The number of aromatic nitrogens is 1. The summed E-state index contributed by atoms with van der Waals surface area (Å²) in [6.07, 6.45) is 1.16. The summed E-state index contributed by atoms with van der Waals surface area (Å²) in [4.78, 5) is 6.96. The zero-order valence-corrected chi connectivity index (χ0v) is 12.8. The van der Waals surface area contributed by atoms with E-state index in [4.69, 9.17) is 0 Å². The normalized spacial score (nSPS) is 17.4. The number of hydrogen-bond acceptors (Lipinski definition) is 3. The Balaban J connectivity index is 1.57. The number of anilines is 1. The molecule has 3 nitrogen and oxygen atoms in total. The van der Waals surface area contributed by atoms with Crippen LogP contribution in [0.25, 0.3) is 0 Å². The first-order valence-corrected chi connectivity index (χ1v) is 7.63. The number of rotatable bonds is 4. The van der Waals surface area contributed by atoms with E-state index >= 15 is 0 Å². The highest BCUT2D eigenvalue weighted by Crippen LogP contribution is 2.24. The third-order valence-electron chi connectivity index (χ3n) is 4.05. The molecule has 0 radical (unpaired) electrons. The Hall–Kier alpha value is -1.87. The molecule has 0 spiro atoms. The van der Waals surface area contributed by atoms with E-state index in [0.717, 1.165) is 37.4 Å². The van der Waals surface area contributed by atoms with Gasteiger partial charge in [-0.15, -0.1) is 0 Å². The van der Waals surface area contributed by atoms with Crippen molar-refractivity contribution in [3.05, 3.63) is 59.4 Å². The molecule has 3 heteroatoms. The second kappa shape index (κ2) is 6.27. The Morgan fingerprint density at radius 2 is 2.05 bits per heavy atom. The molecule has 0 aliphatic carbocycles. The maximum Gasteiger partial charge on any atom is 0.0547 e. The van der Waals surface area contributed by atoms with Gasteiger partial charge in [0.2, 0.25) is 0 Å². The molecule has 0 saturated carbocycles. The number of fused-ring (bicyclic) bond motifs is 1. The molecule has 21 heavy (non-hydrogen) atoms. The summed E-state index contributed by atoms with van der Waals surface area (Å²) in [6, 6.07) is 14.9. The molecule has 0 amide bonds. The lowest BCUT2D eigenvalue weighted by atomic mass is 9.93. The van der Waals surface area contributed by atoms with E-state index in [9.17, 15) is 0 Å². The van der Waals surface area contributed by atoms with Crippen molar-refractivity contribution in [3.63, 3.8) is 0 Å². The van der Waals surface area contributed by atoms with Gasteiger partial charge in [-0.1, -0.05) is 24.3 Å². The van der Waals surface area contributed by atoms with Crippen LogP contribution in [0.4, 0.5) is 5.69 Å². The third-order valence-corrected chi connectivity index (χ3v) is 4.05. The van der Waals surface area contributed by atoms with Gasteiger partial charge in [0.15, 0.2) is 0 Å². The van der Waals surface area contributed by atoms with Crippen molar-refractivity contribution in [1.82, 2.24) is 9.88 Å². The maximum atomic E-state index is 4.58. The van der Waals surface area contributed by atoms with Crippen LogP contribution in [-0.2, 0) is 13.0 Å². The fourth-order valence-electron chi connectivity index (χ4n) is 3.11. The lowest BCUT2D eigenvalue weighted by Gasteiger charge is -2.29. The van der Waals surface area contributed by atoms with Gasteiger partial charge in [0.25, 0.3) is 0 Å². The Bertz CT molecular complexity index is 609. The van der Waals surface area contributed by atoms with Crippen molar-refractivity contribution >= 4 is 5.69 Å². The highest BCUT2D eigenvalue weighted by atomic mass is 15.1. The van der Waals surface area contributed by atoms with Crippen molar-refractivity contribution in [2.45, 2.75) is 19.9 Å². The molecule has 0 bridgehead atoms. The van der Waals surface area contributed by atoms with Crippen LogP contribution in [0, 0.1) is 12.8 Å². The summed E-state index contributed by atoms with van der Waals surface area (Å²) in [5.41, 5.74) is 4.99. The predicted molar refractivity (Wildman–Crippen MR) is 87.4 cm³/mol. The number of para-hydroxylation sites is 1. The van der Waals surface area contributed by atoms with Gasteiger partial charge < -0.3 is 10.2 Å². The summed E-state index contributed by atoms with van der Waals surface area (Å²) in [6.45, 7) is 5.12. The number of nitrogens with one attached hydrogen (secondary N) is 1. The molecule has 1 aliphatic rings. The predicted octanol–water partition coefficient (Wildman–Crippen LogP) is 3.11. The van der Waals surface area contributed by atoms with Gasteiger partial charge in [-0.25, -0.2) is 0 Å². The van der Waals surface area contributed by atoms with Crippen LogP contribution in [0.3, 0.4) is 0 Å². The van der Waals surface area contributed by atoms with Crippen molar-refractivity contribution in [3.8, 4) is 0 Å². The smallest absolute Gasteiger partial charge is 0.0547 e. The minimum absolute atomic E-state index is 0.662. The third kappa shape index (κ3) is 3.61. The van der Waals surface area contributed by atoms with E-state index in [1.165, 1.54) is 11.3 Å². The molecule has 2 heterocycles. The van der Waals surface area contributed by atoms with Crippen LogP contribution < -0.4 is 5.32 Å². The molecule has 2 aromatic rings. The molecule has 1 aromatic carbocycles. The number of pyridine rings is 1. The molecular formula is C18H23N3. The first-order valence-electron chi connectivity index (χ1n) is 7.63. The highest BCUT2D eigenvalue weighted by Gasteiger charge is 2.19. The standard InChI is InChI=1S/C18H23N3/c1-14-6-5-8-17(20-14)13-21(2)12-15-10-16-7-3-4-9-18(16)19-11-15/h3-9,15,19H,10-13H2,1-2H3. The minimum Gasteiger partial charge on any atom is -0.384 e. The number of benzene rings is 1. The van der Waals surface area contributed by atoms with Crippen LogP contribution in [-0.4, -0.2) is 30.0 Å². The van der Waals surface area contributed by atoms with Gasteiger partial charge in [-0.2, -0.15) is 0 Å². The van der Waals surface area contributed by atoms with Crippen molar-refractivity contribution in [2.75, 3.05) is 25.5 Å². The molecule has 1 atom stereocenters. The van der Waals surface area contributed by atoms with Crippen LogP contribution in [0.5, 0.6) is 0 Å². The van der Waals surface area contributed by atoms with Gasteiger partial charge in [0.1, 0.15) is 0 Å². The molecule has 110 valence electrons. The molecule has 1 aromatic heterocycles. The lowest BCUT2D eigenvalue weighted by Crippen LogP contribution is -2.33. The summed E-state index contributed by atoms with van der Waals surface area (Å²) >= 11 is 0. The van der Waals surface area contributed by atoms with Gasteiger partial charge >= 0.3 is 0 Å². The van der Waals surface area contributed by atoms with Gasteiger partial charge in [0.05, 0.1) is 5.69 Å². The molecule has 1 aliphatic heterocycles. The molecule has 0 saturated heterocycles. The SMILES string of the molecule is Cc1cccc(CN(C)CC2CNc3ccccc3C2)n1. The van der Waals surface area contributed by atoms with Gasteiger partial charge in [-0.3, -0.25) is 4.98 Å². The quantitative estimate of drug-likeness (QED) is 0.933. The first-order chi connectivity index (χ1) is 10.2. The molecule has 3 rings (SSSR count). The molecule has 1 N–H and O–H groups in total. The zero-order chi connectivity index (χ0) is 14.7. The molecule has 0 fully saturated rings. The number of nitrogens with zero attached hydrogens (tertiary/aromatic N) is 2. The van der Waals surface area contributed by atoms with E-state index in [2.05, 4.69) is 58.6 Å².